The van der Waals surface area contributed by atoms with Gasteiger partial charge < -0.3 is 15.3 Å². The molecule has 0 bridgehead atoms. The molecule has 0 saturated carbocycles. The number of nitrogens with zero attached hydrogens (tertiary/aromatic N) is 3. The van der Waals surface area contributed by atoms with Crippen LogP contribution in [-0.4, -0.2) is 46.4 Å². The Morgan fingerprint density at radius 2 is 1.89 bits per heavy atom. The number of piperidine rings is 1. The molecule has 1 saturated heterocycles. The first-order valence-corrected chi connectivity index (χ1v) is 10.3. The SMILES string of the molecule is CN1CCCC(Nc2nnc(-c3ccc4c(c3O)CCC4)c3ccccc23)C1. The van der Waals surface area contributed by atoms with E-state index in [1.807, 2.05) is 18.2 Å². The van der Waals surface area contributed by atoms with Crippen LogP contribution in [0.5, 0.6) is 5.75 Å². The van der Waals surface area contributed by atoms with Crippen molar-refractivity contribution < 1.29 is 5.11 Å². The van der Waals surface area contributed by atoms with Crippen LogP contribution in [0.25, 0.3) is 22.0 Å². The van der Waals surface area contributed by atoms with Crippen molar-refractivity contribution in [1.29, 1.82) is 0 Å². The summed E-state index contributed by atoms with van der Waals surface area (Å²) in [6, 6.07) is 12.7. The topological polar surface area (TPSA) is 61.3 Å². The molecule has 5 rings (SSSR count). The van der Waals surface area contributed by atoms with Gasteiger partial charge in [0.05, 0.1) is 0 Å². The highest BCUT2D eigenvalue weighted by atomic mass is 16.3. The van der Waals surface area contributed by atoms with Crippen LogP contribution in [0.1, 0.15) is 30.4 Å². The van der Waals surface area contributed by atoms with Crippen molar-refractivity contribution in [3.05, 3.63) is 47.5 Å². The monoisotopic (exact) mass is 374 g/mol. The summed E-state index contributed by atoms with van der Waals surface area (Å²) in [5.74, 6) is 1.21. The van der Waals surface area contributed by atoms with Gasteiger partial charge in [0.25, 0.3) is 0 Å². The zero-order chi connectivity index (χ0) is 19.1. The molecule has 2 heterocycles. The van der Waals surface area contributed by atoms with Gasteiger partial charge in [-0.15, -0.1) is 10.2 Å². The maximum Gasteiger partial charge on any atom is 0.156 e. The molecule has 2 aromatic carbocycles. The second-order valence-electron chi connectivity index (χ2n) is 8.14. The van der Waals surface area contributed by atoms with Crippen LogP contribution in [0.3, 0.4) is 0 Å². The largest absolute Gasteiger partial charge is 0.507 e. The lowest BCUT2D eigenvalue weighted by atomic mass is 9.99. The Balaban J connectivity index is 1.57. The second-order valence-corrected chi connectivity index (χ2v) is 8.14. The van der Waals surface area contributed by atoms with Gasteiger partial charge in [-0.2, -0.15) is 0 Å². The molecule has 5 heteroatoms. The minimum Gasteiger partial charge on any atom is -0.507 e. The van der Waals surface area contributed by atoms with Crippen LogP contribution in [-0.2, 0) is 12.8 Å². The average molecular weight is 374 g/mol. The number of rotatable bonds is 3. The van der Waals surface area contributed by atoms with Gasteiger partial charge in [-0.05, 0) is 62.9 Å². The number of hydrogen-bond donors (Lipinski definition) is 2. The van der Waals surface area contributed by atoms with Crippen LogP contribution in [0.2, 0.25) is 0 Å². The molecular weight excluding hydrogens is 348 g/mol. The third kappa shape index (κ3) is 3.00. The Bertz CT molecular complexity index is 1030. The van der Waals surface area contributed by atoms with Gasteiger partial charge >= 0.3 is 0 Å². The third-order valence-corrected chi connectivity index (χ3v) is 6.16. The lowest BCUT2D eigenvalue weighted by Crippen LogP contribution is -2.40. The van der Waals surface area contributed by atoms with Crippen LogP contribution < -0.4 is 5.32 Å². The van der Waals surface area contributed by atoms with E-state index in [9.17, 15) is 5.11 Å². The van der Waals surface area contributed by atoms with Crippen molar-refractivity contribution in [1.82, 2.24) is 15.1 Å². The smallest absolute Gasteiger partial charge is 0.156 e. The summed E-state index contributed by atoms with van der Waals surface area (Å²) < 4.78 is 0. The highest BCUT2D eigenvalue weighted by molar-refractivity contribution is 6.01. The summed E-state index contributed by atoms with van der Waals surface area (Å²) in [5.41, 5.74) is 3.89. The summed E-state index contributed by atoms with van der Waals surface area (Å²) in [5, 5.41) is 25.7. The van der Waals surface area contributed by atoms with Crippen LogP contribution in [0.15, 0.2) is 36.4 Å². The molecular formula is C23H26N4O. The summed E-state index contributed by atoms with van der Waals surface area (Å²) in [4.78, 5) is 2.35. The maximum atomic E-state index is 10.9. The second kappa shape index (κ2) is 7.06. The van der Waals surface area contributed by atoms with Gasteiger partial charge in [0.15, 0.2) is 5.82 Å². The van der Waals surface area contributed by atoms with Gasteiger partial charge in [-0.25, -0.2) is 0 Å². The first kappa shape index (κ1) is 17.4. The molecule has 2 N–H and O–H groups in total. The molecule has 0 amide bonds. The number of anilines is 1. The molecule has 28 heavy (non-hydrogen) atoms. The summed E-state index contributed by atoms with van der Waals surface area (Å²) in [6.45, 7) is 2.17. The first-order chi connectivity index (χ1) is 13.7. The number of aromatic nitrogens is 2. The Hall–Kier alpha value is -2.66. The van der Waals surface area contributed by atoms with Gasteiger partial charge in [-0.3, -0.25) is 0 Å². The fourth-order valence-corrected chi connectivity index (χ4v) is 4.72. The zero-order valence-corrected chi connectivity index (χ0v) is 16.3. The van der Waals surface area contributed by atoms with Crippen molar-refractivity contribution >= 4 is 16.6 Å². The molecule has 1 fully saturated rings. The minimum atomic E-state index is 0.379. The molecule has 1 unspecified atom stereocenters. The summed E-state index contributed by atoms with van der Waals surface area (Å²) in [7, 11) is 2.16. The fourth-order valence-electron chi connectivity index (χ4n) is 4.72. The molecule has 2 aliphatic rings. The van der Waals surface area contributed by atoms with E-state index in [4.69, 9.17) is 0 Å². The molecule has 0 radical (unpaired) electrons. The van der Waals surface area contributed by atoms with Crippen LogP contribution in [0.4, 0.5) is 5.82 Å². The van der Waals surface area contributed by atoms with E-state index in [1.54, 1.807) is 0 Å². The van der Waals surface area contributed by atoms with E-state index in [-0.39, 0.29) is 0 Å². The first-order valence-electron chi connectivity index (χ1n) is 10.3. The number of likely N-dealkylation sites (tertiary alicyclic amines) is 1. The van der Waals surface area contributed by atoms with E-state index in [0.717, 1.165) is 72.2 Å². The van der Waals surface area contributed by atoms with E-state index in [2.05, 4.69) is 45.7 Å². The number of hydrogen-bond acceptors (Lipinski definition) is 5. The Labute approximate surface area is 165 Å². The Morgan fingerprint density at radius 1 is 1.04 bits per heavy atom. The van der Waals surface area contributed by atoms with Crippen molar-refractivity contribution in [2.45, 2.75) is 38.1 Å². The molecule has 5 nitrogen and oxygen atoms in total. The number of aromatic hydroxyl groups is 1. The van der Waals surface area contributed by atoms with Crippen molar-refractivity contribution in [3.63, 3.8) is 0 Å². The molecule has 1 atom stereocenters. The fraction of sp³-hybridized carbons (Fsp3) is 0.391. The third-order valence-electron chi connectivity index (χ3n) is 6.16. The summed E-state index contributed by atoms with van der Waals surface area (Å²) in [6.07, 6.45) is 5.44. The van der Waals surface area contributed by atoms with Crippen molar-refractivity contribution in [2.24, 2.45) is 0 Å². The van der Waals surface area contributed by atoms with Gasteiger partial charge in [0.1, 0.15) is 11.4 Å². The zero-order valence-electron chi connectivity index (χ0n) is 16.3. The molecule has 3 aromatic rings. The van der Waals surface area contributed by atoms with E-state index in [1.165, 1.54) is 12.0 Å². The summed E-state index contributed by atoms with van der Waals surface area (Å²) >= 11 is 0. The quantitative estimate of drug-likeness (QED) is 0.726. The minimum absolute atomic E-state index is 0.379. The lowest BCUT2D eigenvalue weighted by Gasteiger charge is -2.30. The maximum absolute atomic E-state index is 10.9. The predicted molar refractivity (Wildman–Crippen MR) is 113 cm³/mol. The number of fused-ring (bicyclic) bond motifs is 2. The molecule has 1 aliphatic carbocycles. The van der Waals surface area contributed by atoms with Gasteiger partial charge in [0.2, 0.25) is 0 Å². The van der Waals surface area contributed by atoms with Gasteiger partial charge in [-0.1, -0.05) is 30.3 Å². The number of aryl methyl sites for hydroxylation is 1. The van der Waals surface area contributed by atoms with Crippen LogP contribution in [0, 0.1) is 0 Å². The van der Waals surface area contributed by atoms with Crippen LogP contribution >= 0.6 is 0 Å². The Kier molecular flexibility index (Phi) is 4.40. The molecule has 144 valence electrons. The number of nitrogens with one attached hydrogen (secondary N) is 1. The lowest BCUT2D eigenvalue weighted by molar-refractivity contribution is 0.261. The molecule has 1 aliphatic heterocycles. The number of phenolic OH excluding ortho intramolecular Hbond substituents is 1. The van der Waals surface area contributed by atoms with E-state index >= 15 is 0 Å². The number of benzene rings is 2. The van der Waals surface area contributed by atoms with Crippen molar-refractivity contribution in [3.8, 4) is 17.0 Å². The Morgan fingerprint density at radius 3 is 2.75 bits per heavy atom. The predicted octanol–water partition coefficient (Wildman–Crippen LogP) is 4.00. The van der Waals surface area contributed by atoms with E-state index < -0.39 is 0 Å². The standard InChI is InChI=1S/C23H26N4O/c1-27-13-5-7-16(14-27)24-23-19-9-3-2-8-18(19)21(25-26-23)20-12-11-15-6-4-10-17(15)22(20)28/h2-3,8-9,11-12,16,28H,4-7,10,13-14H2,1H3,(H,24,26). The molecule has 1 aromatic heterocycles. The normalized spacial score (nSPS) is 19.7. The number of likely N-dealkylation sites (N-methyl/N-ethyl adjacent to an activating group) is 1. The molecule has 0 spiro atoms. The number of phenols is 1. The van der Waals surface area contributed by atoms with Crippen molar-refractivity contribution in [2.75, 3.05) is 25.5 Å². The van der Waals surface area contributed by atoms with Gasteiger partial charge in [0, 0.05) is 28.9 Å². The average Bonchev–Trinajstić information content (AvgIpc) is 3.19. The van der Waals surface area contributed by atoms with E-state index in [0.29, 0.717) is 11.8 Å². The highest BCUT2D eigenvalue weighted by Crippen LogP contribution is 2.40. The highest BCUT2D eigenvalue weighted by Gasteiger charge is 2.22.